The Hall–Kier alpha value is -1.04. The summed E-state index contributed by atoms with van der Waals surface area (Å²) >= 11 is 0. The molecule has 0 aliphatic rings. The number of nitriles is 1. The second-order valence-corrected chi connectivity index (χ2v) is 4.16. The Kier molecular flexibility index (Phi) is 9.80. The van der Waals surface area contributed by atoms with Crippen LogP contribution in [-0.4, -0.2) is 13.1 Å². The molecule has 0 N–H and O–H groups in total. The summed E-state index contributed by atoms with van der Waals surface area (Å²) in [5.74, 6) is -0.448. The lowest BCUT2D eigenvalue weighted by Gasteiger charge is -2.07. The Bertz CT molecular complexity index is 220. The molecule has 0 aliphatic carbocycles. The molecule has 0 rings (SSSR count). The topological polar surface area (TPSA) is 50.1 Å². The molecular weight excluding hydrogens is 202 g/mol. The Balaban J connectivity index is 3.49. The minimum Gasteiger partial charge on any atom is -0.469 e. The molecule has 0 aliphatic heterocycles. The van der Waals surface area contributed by atoms with Crippen LogP contribution in [0.4, 0.5) is 0 Å². The van der Waals surface area contributed by atoms with Crippen LogP contribution in [0.15, 0.2) is 0 Å². The van der Waals surface area contributed by atoms with Gasteiger partial charge in [0.1, 0.15) is 0 Å². The van der Waals surface area contributed by atoms with Crippen molar-refractivity contribution in [3.63, 3.8) is 0 Å². The van der Waals surface area contributed by atoms with Gasteiger partial charge in [-0.15, -0.1) is 0 Å². The SMILES string of the molecule is CCCCCCCCC(C#N)CC(=O)OC. The van der Waals surface area contributed by atoms with Gasteiger partial charge in [0.15, 0.2) is 0 Å². The molecular formula is C13H23NO2. The van der Waals surface area contributed by atoms with Crippen molar-refractivity contribution in [2.75, 3.05) is 7.11 Å². The van der Waals surface area contributed by atoms with E-state index < -0.39 is 0 Å². The highest BCUT2D eigenvalue weighted by Crippen LogP contribution is 2.15. The molecule has 92 valence electrons. The zero-order valence-electron chi connectivity index (χ0n) is 10.5. The van der Waals surface area contributed by atoms with Crippen LogP contribution in [0.3, 0.4) is 0 Å². The maximum absolute atomic E-state index is 11.0. The highest BCUT2D eigenvalue weighted by molar-refractivity contribution is 5.69. The van der Waals surface area contributed by atoms with E-state index in [9.17, 15) is 4.79 Å². The largest absolute Gasteiger partial charge is 0.469 e. The van der Waals surface area contributed by atoms with E-state index in [1.54, 1.807) is 0 Å². The van der Waals surface area contributed by atoms with Crippen LogP contribution >= 0.6 is 0 Å². The summed E-state index contributed by atoms with van der Waals surface area (Å²) in [6, 6.07) is 2.17. The minimum atomic E-state index is -0.280. The number of rotatable bonds is 9. The molecule has 0 aromatic carbocycles. The predicted molar refractivity (Wildman–Crippen MR) is 63.7 cm³/mol. The molecule has 1 unspecified atom stereocenters. The van der Waals surface area contributed by atoms with Gasteiger partial charge in [-0.3, -0.25) is 4.79 Å². The maximum Gasteiger partial charge on any atom is 0.306 e. The third-order valence-electron chi connectivity index (χ3n) is 2.73. The Morgan fingerprint density at radius 3 is 2.44 bits per heavy atom. The zero-order chi connectivity index (χ0) is 12.2. The van der Waals surface area contributed by atoms with Crippen molar-refractivity contribution >= 4 is 5.97 Å². The highest BCUT2D eigenvalue weighted by atomic mass is 16.5. The first-order chi connectivity index (χ1) is 7.74. The highest BCUT2D eigenvalue weighted by Gasteiger charge is 2.12. The van der Waals surface area contributed by atoms with Crippen molar-refractivity contribution < 1.29 is 9.53 Å². The molecule has 1 atom stereocenters. The number of carbonyl (C=O) groups is 1. The van der Waals surface area contributed by atoms with Gasteiger partial charge in [0.05, 0.1) is 25.5 Å². The van der Waals surface area contributed by atoms with Gasteiger partial charge in [-0.1, -0.05) is 45.4 Å². The van der Waals surface area contributed by atoms with Crippen LogP contribution in [0.25, 0.3) is 0 Å². The van der Waals surface area contributed by atoms with E-state index in [2.05, 4.69) is 17.7 Å². The number of ether oxygens (including phenoxy) is 1. The monoisotopic (exact) mass is 225 g/mol. The second kappa shape index (κ2) is 10.5. The summed E-state index contributed by atoms with van der Waals surface area (Å²) in [6.45, 7) is 2.20. The first-order valence-electron chi connectivity index (χ1n) is 6.21. The fourth-order valence-electron chi connectivity index (χ4n) is 1.67. The summed E-state index contributed by atoms with van der Waals surface area (Å²) in [5.41, 5.74) is 0. The summed E-state index contributed by atoms with van der Waals surface area (Å²) in [6.07, 6.45) is 8.33. The number of hydrogen-bond acceptors (Lipinski definition) is 3. The van der Waals surface area contributed by atoms with Crippen molar-refractivity contribution in [2.24, 2.45) is 5.92 Å². The predicted octanol–water partition coefficient (Wildman–Crippen LogP) is 3.44. The average molecular weight is 225 g/mol. The van der Waals surface area contributed by atoms with E-state index in [1.807, 2.05) is 0 Å². The summed E-state index contributed by atoms with van der Waals surface area (Å²) < 4.78 is 4.55. The van der Waals surface area contributed by atoms with Crippen molar-refractivity contribution in [1.82, 2.24) is 0 Å². The lowest BCUT2D eigenvalue weighted by atomic mass is 9.98. The van der Waals surface area contributed by atoms with Gasteiger partial charge in [0, 0.05) is 0 Å². The summed E-state index contributed by atoms with van der Waals surface area (Å²) in [5, 5.41) is 8.85. The standard InChI is InChI=1S/C13H23NO2/c1-3-4-5-6-7-8-9-12(11-14)10-13(15)16-2/h12H,3-10H2,1-2H3. The molecule has 3 heteroatoms. The summed E-state index contributed by atoms with van der Waals surface area (Å²) in [7, 11) is 1.36. The van der Waals surface area contributed by atoms with Gasteiger partial charge in [-0.05, 0) is 6.42 Å². The fourth-order valence-corrected chi connectivity index (χ4v) is 1.67. The van der Waals surface area contributed by atoms with Gasteiger partial charge in [0.25, 0.3) is 0 Å². The smallest absolute Gasteiger partial charge is 0.306 e. The zero-order valence-corrected chi connectivity index (χ0v) is 10.5. The molecule has 0 radical (unpaired) electrons. The van der Waals surface area contributed by atoms with E-state index in [4.69, 9.17) is 5.26 Å². The maximum atomic E-state index is 11.0. The van der Waals surface area contributed by atoms with Crippen molar-refractivity contribution in [3.05, 3.63) is 0 Å². The van der Waals surface area contributed by atoms with Gasteiger partial charge in [0.2, 0.25) is 0 Å². The second-order valence-electron chi connectivity index (χ2n) is 4.16. The molecule has 0 bridgehead atoms. The molecule has 0 saturated carbocycles. The molecule has 3 nitrogen and oxygen atoms in total. The molecule has 16 heavy (non-hydrogen) atoms. The van der Waals surface area contributed by atoms with Crippen molar-refractivity contribution in [2.45, 2.75) is 58.3 Å². The minimum absolute atomic E-state index is 0.168. The molecule has 0 amide bonds. The summed E-state index contributed by atoms with van der Waals surface area (Å²) in [4.78, 5) is 11.0. The number of nitrogens with zero attached hydrogens (tertiary/aromatic N) is 1. The first-order valence-corrected chi connectivity index (χ1v) is 6.21. The quantitative estimate of drug-likeness (QED) is 0.446. The molecule has 0 aromatic rings. The number of esters is 1. The van der Waals surface area contributed by atoms with E-state index in [1.165, 1.54) is 39.2 Å². The van der Waals surface area contributed by atoms with Gasteiger partial charge in [-0.2, -0.15) is 5.26 Å². The van der Waals surface area contributed by atoms with Gasteiger partial charge in [-0.25, -0.2) is 0 Å². The van der Waals surface area contributed by atoms with Crippen LogP contribution < -0.4 is 0 Å². The van der Waals surface area contributed by atoms with E-state index >= 15 is 0 Å². The average Bonchev–Trinajstić information content (AvgIpc) is 2.31. The van der Waals surface area contributed by atoms with Gasteiger partial charge < -0.3 is 4.74 Å². The van der Waals surface area contributed by atoms with E-state index in [-0.39, 0.29) is 18.3 Å². The van der Waals surface area contributed by atoms with Crippen molar-refractivity contribution in [3.8, 4) is 6.07 Å². The number of hydrogen-bond donors (Lipinski definition) is 0. The molecule has 0 saturated heterocycles. The van der Waals surface area contributed by atoms with Crippen LogP contribution in [0.5, 0.6) is 0 Å². The normalized spacial score (nSPS) is 11.8. The van der Waals surface area contributed by atoms with Crippen LogP contribution in [0.1, 0.15) is 58.3 Å². The third kappa shape index (κ3) is 8.28. The van der Waals surface area contributed by atoms with Crippen LogP contribution in [0, 0.1) is 17.2 Å². The van der Waals surface area contributed by atoms with Crippen LogP contribution in [-0.2, 0) is 9.53 Å². The van der Waals surface area contributed by atoms with Crippen LogP contribution in [0.2, 0.25) is 0 Å². The Labute approximate surface area is 98.8 Å². The Morgan fingerprint density at radius 2 is 1.88 bits per heavy atom. The number of carbonyl (C=O) groups excluding carboxylic acids is 1. The fraction of sp³-hybridized carbons (Fsp3) is 0.846. The van der Waals surface area contributed by atoms with E-state index in [0.29, 0.717) is 0 Å². The van der Waals surface area contributed by atoms with Gasteiger partial charge >= 0.3 is 5.97 Å². The molecule has 0 fully saturated rings. The molecule has 0 heterocycles. The molecule has 0 spiro atoms. The third-order valence-corrected chi connectivity index (χ3v) is 2.73. The van der Waals surface area contributed by atoms with Crippen molar-refractivity contribution in [1.29, 1.82) is 5.26 Å². The Morgan fingerprint density at radius 1 is 1.25 bits per heavy atom. The first kappa shape index (κ1) is 15.0. The van der Waals surface area contributed by atoms with E-state index in [0.717, 1.165) is 12.8 Å². The molecule has 0 aromatic heterocycles. The number of methoxy groups -OCH3 is 1. The number of unbranched alkanes of at least 4 members (excludes halogenated alkanes) is 5. The lowest BCUT2D eigenvalue weighted by molar-refractivity contribution is -0.141. The lowest BCUT2D eigenvalue weighted by Crippen LogP contribution is -2.08.